The molecule has 4 aromatic heterocycles. The molecule has 0 unspecified atom stereocenters. The van der Waals surface area contributed by atoms with Crippen LogP contribution in [0.25, 0.3) is 139 Å². The maximum absolute atomic E-state index is 9.50. The van der Waals surface area contributed by atoms with Crippen LogP contribution < -0.4 is 9.30 Å². The number of furan rings is 1. The Hall–Kier alpha value is -10.6. The van der Waals surface area contributed by atoms with Crippen LogP contribution in [0.4, 0.5) is 0 Å². The van der Waals surface area contributed by atoms with Gasteiger partial charge in [0.05, 0.1) is 40.3 Å². The number of ether oxygens (including phenoxy) is 1. The standard InChI is InChI=1S/C78H56N4O2/c1-48-19-15-20-49(2)74(48)64-31-18-32-65-75-57(50-21-7-6-8-22-50)29-17-30-63(75)58-25-9-10-26-59(58)67-42-52(51-35-38-72-66(41-51)62-28-12-14-34-71(62)84-72)43-70-77(67)81(76(64)65)47-80(70)54-23-16-24-55(45-54)83-56-36-37-61-60-27-11-13-33-68(60)82(69(61)46-56)73-44-53(39-40-79-73)78(3,4)5/h6-46H,1-5H3/i1D3,2D3,6D,7D,8D,21D,22D. The first-order valence-corrected chi connectivity index (χ1v) is 27.9. The molecule has 5 heterocycles. The predicted octanol–water partition coefficient (Wildman–Crippen LogP) is 20.1. The van der Waals surface area contributed by atoms with Gasteiger partial charge in [0.25, 0.3) is 6.33 Å². The Morgan fingerprint density at radius 3 is 2.00 bits per heavy atom. The van der Waals surface area contributed by atoms with Gasteiger partial charge in [0.15, 0.2) is 0 Å². The topological polar surface area (TPSA) is 49.0 Å². The molecule has 0 fully saturated rings. The summed E-state index contributed by atoms with van der Waals surface area (Å²) in [6.45, 7) is 0.899. The van der Waals surface area contributed by atoms with E-state index in [2.05, 4.69) is 80.2 Å². The smallest absolute Gasteiger partial charge is 0.269 e. The summed E-state index contributed by atoms with van der Waals surface area (Å²) < 4.78 is 119. The zero-order valence-corrected chi connectivity index (χ0v) is 45.9. The number of benzene rings is 11. The zero-order chi connectivity index (χ0) is 65.7. The second-order valence-corrected chi connectivity index (χ2v) is 22.5. The minimum absolute atomic E-state index is 0.0346. The average molecular weight is 1090 g/mol. The van der Waals surface area contributed by atoms with Crippen molar-refractivity contribution in [3.05, 3.63) is 272 Å². The first kappa shape index (κ1) is 39.0. The highest BCUT2D eigenvalue weighted by atomic mass is 16.5. The van der Waals surface area contributed by atoms with Gasteiger partial charge in [0, 0.05) is 42.0 Å². The Kier molecular flexibility index (Phi) is 8.82. The van der Waals surface area contributed by atoms with Crippen LogP contribution in [0.1, 0.15) is 52.5 Å². The van der Waals surface area contributed by atoms with E-state index in [0.29, 0.717) is 56.2 Å². The lowest BCUT2D eigenvalue weighted by atomic mass is 9.83. The van der Waals surface area contributed by atoms with Gasteiger partial charge in [-0.3, -0.25) is 13.7 Å². The first-order chi connectivity index (χ1) is 45.6. The average Bonchev–Trinajstić information content (AvgIpc) is 1.57. The molecule has 6 nitrogen and oxygen atoms in total. The minimum atomic E-state index is -2.83. The third-order valence-corrected chi connectivity index (χ3v) is 16.5. The van der Waals surface area contributed by atoms with Crippen molar-refractivity contribution >= 4 is 54.8 Å². The van der Waals surface area contributed by atoms with Crippen molar-refractivity contribution in [2.75, 3.05) is 0 Å². The van der Waals surface area contributed by atoms with Crippen LogP contribution in [-0.4, -0.2) is 14.1 Å². The molecule has 15 aromatic rings. The summed E-state index contributed by atoms with van der Waals surface area (Å²) in [4.78, 5) is 4.91. The molecule has 0 saturated carbocycles. The second-order valence-electron chi connectivity index (χ2n) is 22.5. The number of rotatable bonds is 7. The minimum Gasteiger partial charge on any atom is -0.458 e. The molecular formula is C78H56N4O2. The number of hydrogen-bond donors (Lipinski definition) is 0. The maximum Gasteiger partial charge on any atom is 0.269 e. The molecule has 0 saturated heterocycles. The lowest BCUT2D eigenvalue weighted by Crippen LogP contribution is -2.32. The van der Waals surface area contributed by atoms with Crippen molar-refractivity contribution < 1.29 is 28.8 Å². The molecule has 0 N–H and O–H groups in total. The highest BCUT2D eigenvalue weighted by molar-refractivity contribution is 6.11. The van der Waals surface area contributed by atoms with E-state index >= 15 is 0 Å². The summed E-state index contributed by atoms with van der Waals surface area (Å²) in [5.41, 5.74) is 11.9. The van der Waals surface area contributed by atoms with E-state index in [0.717, 1.165) is 77.4 Å². The number of aryl methyl sites for hydroxylation is 2. The fourth-order valence-corrected chi connectivity index (χ4v) is 12.6. The van der Waals surface area contributed by atoms with Crippen LogP contribution in [0.3, 0.4) is 0 Å². The Bertz CT molecular complexity index is 5690. The van der Waals surface area contributed by atoms with E-state index < -0.39 is 43.9 Å². The molecule has 0 bridgehead atoms. The van der Waals surface area contributed by atoms with Crippen molar-refractivity contribution in [2.24, 2.45) is 0 Å². The van der Waals surface area contributed by atoms with Gasteiger partial charge in [0.2, 0.25) is 0 Å². The van der Waals surface area contributed by atoms with E-state index in [4.69, 9.17) is 26.5 Å². The monoisotopic (exact) mass is 1090 g/mol. The molecule has 16 rings (SSSR count). The van der Waals surface area contributed by atoms with E-state index in [9.17, 15) is 2.74 Å². The van der Waals surface area contributed by atoms with Gasteiger partial charge in [-0.15, -0.1) is 0 Å². The van der Waals surface area contributed by atoms with Crippen molar-refractivity contribution in [1.29, 1.82) is 0 Å². The van der Waals surface area contributed by atoms with Gasteiger partial charge in [-0.25, -0.2) is 4.98 Å². The van der Waals surface area contributed by atoms with E-state index in [1.807, 2.05) is 137 Å². The maximum atomic E-state index is 9.50. The van der Waals surface area contributed by atoms with Crippen LogP contribution in [0.15, 0.2) is 253 Å². The number of imidazole rings is 1. The lowest BCUT2D eigenvalue weighted by molar-refractivity contribution is -0.570. The molecule has 400 valence electrons. The number of fused-ring (bicyclic) bond motifs is 13. The number of hydrogen-bond acceptors (Lipinski definition) is 3. The van der Waals surface area contributed by atoms with Crippen LogP contribution in [0.2, 0.25) is 0 Å². The Morgan fingerprint density at radius 2 is 1.18 bits per heavy atom. The highest BCUT2D eigenvalue weighted by Crippen LogP contribution is 2.50. The second kappa shape index (κ2) is 19.0. The molecular weight excluding hydrogens is 1020 g/mol. The third kappa shape index (κ3) is 7.85. The van der Waals surface area contributed by atoms with Crippen molar-refractivity contribution in [3.63, 3.8) is 0 Å². The molecule has 1 aliphatic rings. The van der Waals surface area contributed by atoms with Crippen LogP contribution in [0, 0.1) is 20.0 Å². The molecule has 0 spiro atoms. The Balaban J connectivity index is 1.01. The van der Waals surface area contributed by atoms with Crippen LogP contribution in [0.5, 0.6) is 11.5 Å². The van der Waals surface area contributed by atoms with E-state index in [-0.39, 0.29) is 38.8 Å². The predicted molar refractivity (Wildman–Crippen MR) is 344 cm³/mol. The zero-order valence-electron chi connectivity index (χ0n) is 56.9. The highest BCUT2D eigenvalue weighted by Gasteiger charge is 2.30. The molecule has 0 radical (unpaired) electrons. The summed E-state index contributed by atoms with van der Waals surface area (Å²) in [6, 6.07) is 65.0. The van der Waals surface area contributed by atoms with Gasteiger partial charge in [-0.1, -0.05) is 184 Å². The molecule has 84 heavy (non-hydrogen) atoms. The quantitative estimate of drug-likeness (QED) is 0.118. The molecule has 0 amide bonds. The van der Waals surface area contributed by atoms with E-state index in [1.54, 1.807) is 24.3 Å². The van der Waals surface area contributed by atoms with Gasteiger partial charge < -0.3 is 9.15 Å². The fraction of sp³-hybridized carbons (Fsp3) is 0.0769. The molecule has 0 atom stereocenters. The van der Waals surface area contributed by atoms with Gasteiger partial charge in [-0.2, -0.15) is 0 Å². The normalized spacial score (nSPS) is 14.3. The summed E-state index contributed by atoms with van der Waals surface area (Å²) in [5.74, 6) is 1.84. The Labute approximate surface area is 502 Å². The number of pyridine rings is 1. The van der Waals surface area contributed by atoms with E-state index in [1.165, 1.54) is 18.2 Å². The SMILES string of the molecule is [2H]c1c([2H])c([2H])c(-c2cccc3c2-c2cccc(-c4c(C([2H])([2H])[2H])cccc4C([2H])([2H])[2H])c2-[n+]2[c-]n(-c4cccc(Oc5ccc6c7ccccc7n(-c7cc(C(C)(C)C)ccn7)c6c5)c4)c4cc(-c5ccc6oc7ccccc7c6c5)cc(c42)-c2ccccc2-3)c([2H])c1[2H]. The third-order valence-electron chi connectivity index (χ3n) is 16.5. The lowest BCUT2D eigenvalue weighted by Gasteiger charge is -2.22. The van der Waals surface area contributed by atoms with Crippen LogP contribution >= 0.6 is 0 Å². The summed E-state index contributed by atoms with van der Waals surface area (Å²) >= 11 is 0. The molecule has 1 aliphatic heterocycles. The summed E-state index contributed by atoms with van der Waals surface area (Å²) in [5, 5.41) is 3.96. The van der Waals surface area contributed by atoms with Gasteiger partial charge in [-0.05, 0) is 175 Å². The fourth-order valence-electron chi connectivity index (χ4n) is 12.6. The van der Waals surface area contributed by atoms with Gasteiger partial charge >= 0.3 is 0 Å². The van der Waals surface area contributed by atoms with Crippen LogP contribution in [-0.2, 0) is 5.41 Å². The first-order valence-electron chi connectivity index (χ1n) is 33.4. The number of nitrogens with zero attached hydrogens (tertiary/aromatic N) is 4. The molecule has 11 aromatic carbocycles. The van der Waals surface area contributed by atoms with Crippen molar-refractivity contribution in [1.82, 2.24) is 14.1 Å². The largest absolute Gasteiger partial charge is 0.458 e. The van der Waals surface area contributed by atoms with Crippen molar-refractivity contribution in [2.45, 2.75) is 39.9 Å². The van der Waals surface area contributed by atoms with Crippen molar-refractivity contribution in [3.8, 4) is 95.5 Å². The molecule has 6 heteroatoms. The number of para-hydroxylation sites is 3. The molecule has 0 aliphatic carbocycles. The Morgan fingerprint density at radius 1 is 0.500 bits per heavy atom. The summed E-state index contributed by atoms with van der Waals surface area (Å²) in [6.07, 6.45) is 5.66. The number of aromatic nitrogens is 4. The van der Waals surface area contributed by atoms with Gasteiger partial charge in [0.1, 0.15) is 28.5 Å². The summed E-state index contributed by atoms with van der Waals surface area (Å²) in [7, 11) is 0.